The van der Waals surface area contributed by atoms with Gasteiger partial charge in [0.25, 0.3) is 0 Å². The molecule has 0 saturated heterocycles. The van der Waals surface area contributed by atoms with Gasteiger partial charge >= 0.3 is 19.8 Å². The average molecular weight is 899 g/mol. The van der Waals surface area contributed by atoms with E-state index in [1.807, 2.05) is 6.08 Å². The molecule has 0 aromatic rings. The fourth-order valence-electron chi connectivity index (χ4n) is 7.13. The van der Waals surface area contributed by atoms with Crippen LogP contribution in [-0.4, -0.2) is 65.7 Å². The van der Waals surface area contributed by atoms with Gasteiger partial charge in [0.1, 0.15) is 12.7 Å². The number of aliphatic hydroxyl groups is 2. The third kappa shape index (κ3) is 46.2. The Hall–Kier alpha value is -1.81. The topological polar surface area (TPSA) is 149 Å². The third-order valence-electron chi connectivity index (χ3n) is 11.0. The Morgan fingerprint density at radius 2 is 0.855 bits per heavy atom. The Morgan fingerprint density at radius 1 is 0.484 bits per heavy atom. The first-order valence-electron chi connectivity index (χ1n) is 25.4. The number of phosphoric acid groups is 1. The van der Waals surface area contributed by atoms with Gasteiger partial charge in [0, 0.05) is 12.8 Å². The lowest BCUT2D eigenvalue weighted by atomic mass is 10.0. The molecule has 0 heterocycles. The minimum atomic E-state index is -4.63. The standard InChI is InChI=1S/C51H95O10P/c1-3-5-7-9-11-13-15-17-19-21-22-23-24-25-27-29-31-33-35-37-39-41-43-51(55)61-49(47-60-62(56,57)59-45-48(53)44-52)46-58-50(54)42-40-38-36-34-32-30-28-26-20-18-16-14-12-10-8-6-4-2/h18,20,28,30,34,36,48-49,52-53H,3-17,19,21-27,29,31-33,35,37-47H2,1-2H3,(H,56,57)/b20-18+,30-28+,36-34+/t48-,49+/m0/s1. The van der Waals surface area contributed by atoms with E-state index in [9.17, 15) is 24.2 Å². The second-order valence-electron chi connectivity index (χ2n) is 17.2. The smallest absolute Gasteiger partial charge is 0.462 e. The van der Waals surface area contributed by atoms with Gasteiger partial charge in [-0.1, -0.05) is 217 Å². The number of allylic oxidation sites excluding steroid dienone is 6. The van der Waals surface area contributed by atoms with Crippen LogP contribution in [0.5, 0.6) is 0 Å². The van der Waals surface area contributed by atoms with Gasteiger partial charge in [-0.25, -0.2) is 4.57 Å². The van der Waals surface area contributed by atoms with E-state index in [-0.39, 0.29) is 19.4 Å². The number of ether oxygens (including phenoxy) is 2. The van der Waals surface area contributed by atoms with E-state index in [4.69, 9.17) is 23.6 Å². The number of hydrogen-bond donors (Lipinski definition) is 3. The van der Waals surface area contributed by atoms with Gasteiger partial charge in [0.05, 0.1) is 19.8 Å². The summed E-state index contributed by atoms with van der Waals surface area (Å²) in [7, 11) is -4.63. The highest BCUT2D eigenvalue weighted by molar-refractivity contribution is 7.47. The van der Waals surface area contributed by atoms with Crippen molar-refractivity contribution in [1.29, 1.82) is 0 Å². The van der Waals surface area contributed by atoms with Crippen molar-refractivity contribution in [2.45, 2.75) is 251 Å². The molecule has 364 valence electrons. The lowest BCUT2D eigenvalue weighted by molar-refractivity contribution is -0.161. The Morgan fingerprint density at radius 3 is 1.31 bits per heavy atom. The van der Waals surface area contributed by atoms with Gasteiger partial charge in [0.2, 0.25) is 0 Å². The molecular weight excluding hydrogens is 804 g/mol. The van der Waals surface area contributed by atoms with Crippen LogP contribution in [0.15, 0.2) is 36.5 Å². The van der Waals surface area contributed by atoms with Gasteiger partial charge in [0.15, 0.2) is 6.10 Å². The molecule has 3 N–H and O–H groups in total. The largest absolute Gasteiger partial charge is 0.472 e. The van der Waals surface area contributed by atoms with Gasteiger partial charge in [-0.3, -0.25) is 18.6 Å². The molecule has 0 aromatic heterocycles. The van der Waals surface area contributed by atoms with Gasteiger partial charge in [-0.2, -0.15) is 0 Å². The molecule has 62 heavy (non-hydrogen) atoms. The summed E-state index contributed by atoms with van der Waals surface area (Å²) in [5.74, 6) is -0.975. The number of unbranched alkanes of at least 4 members (excludes halogenated alkanes) is 28. The second-order valence-corrected chi connectivity index (χ2v) is 18.7. The summed E-state index contributed by atoms with van der Waals surface area (Å²) < 4.78 is 32.8. The first-order valence-corrected chi connectivity index (χ1v) is 26.9. The lowest BCUT2D eigenvalue weighted by Gasteiger charge is -2.20. The Bertz CT molecular complexity index is 1130. The maximum Gasteiger partial charge on any atom is 0.472 e. The highest BCUT2D eigenvalue weighted by Gasteiger charge is 2.27. The molecule has 11 heteroatoms. The van der Waals surface area contributed by atoms with E-state index < -0.39 is 51.8 Å². The number of hydrogen-bond acceptors (Lipinski definition) is 9. The molecule has 0 aliphatic carbocycles. The first kappa shape index (κ1) is 60.2. The van der Waals surface area contributed by atoms with Crippen LogP contribution in [0.2, 0.25) is 0 Å². The van der Waals surface area contributed by atoms with Crippen molar-refractivity contribution in [2.24, 2.45) is 0 Å². The summed E-state index contributed by atoms with van der Waals surface area (Å²) in [6.07, 6.45) is 51.3. The minimum Gasteiger partial charge on any atom is -0.462 e. The molecule has 0 saturated carbocycles. The third-order valence-corrected chi connectivity index (χ3v) is 12.0. The van der Waals surface area contributed by atoms with Crippen LogP contribution >= 0.6 is 7.82 Å². The summed E-state index contributed by atoms with van der Waals surface area (Å²) >= 11 is 0. The number of carbonyl (C=O) groups is 2. The fourth-order valence-corrected chi connectivity index (χ4v) is 7.92. The number of rotatable bonds is 48. The zero-order chi connectivity index (χ0) is 45.5. The first-order chi connectivity index (χ1) is 30.2. The highest BCUT2D eigenvalue weighted by atomic mass is 31.2. The second kappa shape index (κ2) is 47.2. The van der Waals surface area contributed by atoms with Crippen LogP contribution in [0.1, 0.15) is 239 Å². The van der Waals surface area contributed by atoms with E-state index >= 15 is 0 Å². The van der Waals surface area contributed by atoms with Gasteiger partial charge in [-0.15, -0.1) is 0 Å². The zero-order valence-electron chi connectivity index (χ0n) is 39.8. The molecule has 0 spiro atoms. The average Bonchev–Trinajstić information content (AvgIpc) is 3.26. The quantitative estimate of drug-likeness (QED) is 0.0233. The molecule has 0 fully saturated rings. The zero-order valence-corrected chi connectivity index (χ0v) is 40.7. The molecule has 0 amide bonds. The number of carbonyl (C=O) groups excluding carboxylic acids is 2. The summed E-state index contributed by atoms with van der Waals surface area (Å²) in [6, 6.07) is 0. The normalized spacial score (nSPS) is 14.0. The molecule has 1 unspecified atom stereocenters. The maximum absolute atomic E-state index is 12.7. The van der Waals surface area contributed by atoms with Crippen molar-refractivity contribution >= 4 is 19.8 Å². The van der Waals surface area contributed by atoms with Crippen LogP contribution in [-0.2, 0) is 32.7 Å². The maximum atomic E-state index is 12.7. The van der Waals surface area contributed by atoms with E-state index in [0.29, 0.717) is 19.3 Å². The predicted molar refractivity (Wildman–Crippen MR) is 256 cm³/mol. The SMILES string of the molecule is CCCCCCCC/C=C/C/C=C/C/C=C/CCCC(=O)OC[C@H](COP(=O)(O)OC[C@@H](O)CO)OC(=O)CCCCCCCCCCCCCCCCCCCCCCCC. The summed E-state index contributed by atoms with van der Waals surface area (Å²) in [5, 5.41) is 18.4. The fraction of sp³-hybridized carbons (Fsp3) is 0.843. The van der Waals surface area contributed by atoms with Crippen molar-refractivity contribution in [3.63, 3.8) is 0 Å². The molecule has 0 aliphatic rings. The summed E-state index contributed by atoms with van der Waals surface area (Å²) in [6.45, 7) is 2.36. The molecule has 0 bridgehead atoms. The van der Waals surface area contributed by atoms with Gasteiger partial charge in [-0.05, 0) is 44.9 Å². The van der Waals surface area contributed by atoms with Gasteiger partial charge < -0.3 is 24.6 Å². The van der Waals surface area contributed by atoms with Crippen LogP contribution in [0.25, 0.3) is 0 Å². The summed E-state index contributed by atoms with van der Waals surface area (Å²) in [4.78, 5) is 35.1. The molecule has 0 aliphatic heterocycles. The molecule has 10 nitrogen and oxygen atoms in total. The number of phosphoric ester groups is 1. The Kier molecular flexibility index (Phi) is 45.8. The highest BCUT2D eigenvalue weighted by Crippen LogP contribution is 2.43. The molecule has 0 radical (unpaired) electrons. The van der Waals surface area contributed by atoms with Crippen molar-refractivity contribution in [3.05, 3.63) is 36.5 Å². The van der Waals surface area contributed by atoms with Crippen LogP contribution in [0.3, 0.4) is 0 Å². The molecular formula is C51H95O10P. The van der Waals surface area contributed by atoms with Crippen molar-refractivity contribution in [2.75, 3.05) is 26.4 Å². The monoisotopic (exact) mass is 899 g/mol. The van der Waals surface area contributed by atoms with Crippen molar-refractivity contribution in [3.8, 4) is 0 Å². The van der Waals surface area contributed by atoms with Crippen LogP contribution in [0, 0.1) is 0 Å². The minimum absolute atomic E-state index is 0.172. The van der Waals surface area contributed by atoms with Crippen LogP contribution in [0.4, 0.5) is 0 Å². The van der Waals surface area contributed by atoms with Crippen molar-refractivity contribution in [1.82, 2.24) is 0 Å². The van der Waals surface area contributed by atoms with Crippen LogP contribution < -0.4 is 0 Å². The molecule has 0 rings (SSSR count). The van der Waals surface area contributed by atoms with Crippen molar-refractivity contribution < 1.29 is 47.8 Å². The summed E-state index contributed by atoms with van der Waals surface area (Å²) in [5.41, 5.74) is 0. The van der Waals surface area contributed by atoms with E-state index in [1.165, 1.54) is 154 Å². The Labute approximate surface area is 380 Å². The lowest BCUT2D eigenvalue weighted by Crippen LogP contribution is -2.29. The van der Waals surface area contributed by atoms with E-state index in [1.54, 1.807) is 0 Å². The van der Waals surface area contributed by atoms with E-state index in [2.05, 4.69) is 44.2 Å². The molecule has 0 aromatic carbocycles. The predicted octanol–water partition coefficient (Wildman–Crippen LogP) is 14.3. The number of esters is 2. The Balaban J connectivity index is 4.21. The number of aliphatic hydroxyl groups excluding tert-OH is 2. The molecule has 3 atom stereocenters. The van der Waals surface area contributed by atoms with E-state index in [0.717, 1.165) is 38.5 Å².